The Morgan fingerprint density at radius 3 is 2.71 bits per heavy atom. The average Bonchev–Trinajstić information content (AvgIpc) is 3.17. The normalized spacial score (nSPS) is 12.5. The van der Waals surface area contributed by atoms with E-state index < -0.39 is 6.17 Å². The van der Waals surface area contributed by atoms with Crippen molar-refractivity contribution < 1.29 is 9.13 Å². The number of hydrogen-bond donors (Lipinski definition) is 1. The van der Waals surface area contributed by atoms with Crippen LogP contribution in [0.25, 0.3) is 16.7 Å². The zero-order chi connectivity index (χ0) is 22.3. The zero-order valence-electron chi connectivity index (χ0n) is 17.1. The minimum atomic E-state index is -1.37. The molecule has 4 heterocycles. The van der Waals surface area contributed by atoms with E-state index in [0.717, 1.165) is 17.1 Å². The molecule has 4 rings (SSSR count). The van der Waals surface area contributed by atoms with Gasteiger partial charge in [0.05, 0.1) is 34.0 Å². The Morgan fingerprint density at radius 1 is 1.19 bits per heavy atom. The van der Waals surface area contributed by atoms with Crippen LogP contribution < -0.4 is 10.5 Å². The lowest BCUT2D eigenvalue weighted by Crippen LogP contribution is -2.20. The summed E-state index contributed by atoms with van der Waals surface area (Å²) in [5, 5.41) is 5.49. The Bertz CT molecular complexity index is 1270. The summed E-state index contributed by atoms with van der Waals surface area (Å²) in [6.45, 7) is 5.34. The summed E-state index contributed by atoms with van der Waals surface area (Å²) in [5.74, 6) is 0.167. The first kappa shape index (κ1) is 21.3. The number of alkyl halides is 1. The van der Waals surface area contributed by atoms with Crippen LogP contribution in [0.2, 0.25) is 10.3 Å². The van der Waals surface area contributed by atoms with E-state index in [9.17, 15) is 4.39 Å². The lowest BCUT2D eigenvalue weighted by Gasteiger charge is -2.11. The molecule has 0 amide bonds. The minimum absolute atomic E-state index is 0.0306. The molecule has 0 aliphatic rings. The van der Waals surface area contributed by atoms with Gasteiger partial charge in [-0.15, -0.1) is 5.10 Å². The second-order valence-corrected chi connectivity index (χ2v) is 7.93. The number of fused-ring (bicyclic) bond motifs is 1. The number of aryl methyl sites for hydroxylation is 2. The average molecular weight is 464 g/mol. The first-order chi connectivity index (χ1) is 14.7. The van der Waals surface area contributed by atoms with Crippen molar-refractivity contribution in [2.24, 2.45) is 0 Å². The first-order valence-electron chi connectivity index (χ1n) is 9.48. The van der Waals surface area contributed by atoms with Gasteiger partial charge in [0.2, 0.25) is 5.28 Å². The minimum Gasteiger partial charge on any atom is -0.472 e. The Labute approximate surface area is 187 Å². The molecule has 4 aromatic heterocycles. The van der Waals surface area contributed by atoms with Gasteiger partial charge in [-0.1, -0.05) is 11.6 Å². The molecule has 1 atom stereocenters. The number of hydrogen-bond acceptors (Lipinski definition) is 6. The molecule has 0 saturated carbocycles. The van der Waals surface area contributed by atoms with E-state index in [1.807, 2.05) is 32.9 Å². The molecule has 162 valence electrons. The molecule has 2 N–H and O–H groups in total. The first-order valence-corrected chi connectivity index (χ1v) is 10.2. The van der Waals surface area contributed by atoms with Gasteiger partial charge in [0.15, 0.2) is 6.17 Å². The van der Waals surface area contributed by atoms with Crippen molar-refractivity contribution in [3.8, 4) is 11.6 Å². The third kappa shape index (κ3) is 4.15. The van der Waals surface area contributed by atoms with Crippen molar-refractivity contribution in [1.82, 2.24) is 29.3 Å². The zero-order valence-corrected chi connectivity index (χ0v) is 18.6. The smallest absolute Gasteiger partial charge is 0.257 e. The number of anilines is 1. The maximum atomic E-state index is 14.7. The number of halogens is 3. The Hall–Kier alpha value is -2.91. The second kappa shape index (κ2) is 8.32. The predicted octanol–water partition coefficient (Wildman–Crippen LogP) is 4.24. The third-order valence-electron chi connectivity index (χ3n) is 4.89. The maximum absolute atomic E-state index is 14.7. The van der Waals surface area contributed by atoms with E-state index in [-0.39, 0.29) is 24.3 Å². The SMILES string of the molecule is Cc1ccc(-n2nc(OC[C@H](F)Cn3cc(Cl)c4cnc(Cl)nc43)c(N)c2C)c(C)n1. The molecule has 11 heteroatoms. The van der Waals surface area contributed by atoms with Crippen molar-refractivity contribution in [2.45, 2.75) is 33.5 Å². The summed E-state index contributed by atoms with van der Waals surface area (Å²) in [4.78, 5) is 12.5. The highest BCUT2D eigenvalue weighted by molar-refractivity contribution is 6.35. The van der Waals surface area contributed by atoms with E-state index in [0.29, 0.717) is 27.4 Å². The quantitative estimate of drug-likeness (QED) is 0.429. The van der Waals surface area contributed by atoms with Gasteiger partial charge in [0.25, 0.3) is 5.88 Å². The molecule has 0 aliphatic carbocycles. The van der Waals surface area contributed by atoms with Gasteiger partial charge in [-0.25, -0.2) is 14.1 Å². The van der Waals surface area contributed by atoms with E-state index in [1.165, 1.54) is 6.20 Å². The fourth-order valence-electron chi connectivity index (χ4n) is 3.31. The lowest BCUT2D eigenvalue weighted by atomic mass is 10.2. The van der Waals surface area contributed by atoms with Crippen LogP contribution in [0.15, 0.2) is 24.5 Å². The highest BCUT2D eigenvalue weighted by atomic mass is 35.5. The second-order valence-electron chi connectivity index (χ2n) is 7.19. The summed E-state index contributed by atoms with van der Waals surface area (Å²) in [6.07, 6.45) is 1.73. The number of nitrogens with two attached hydrogens (primary N) is 1. The molecule has 0 aliphatic heterocycles. The molecule has 4 aromatic rings. The van der Waals surface area contributed by atoms with Gasteiger partial charge >= 0.3 is 0 Å². The maximum Gasteiger partial charge on any atom is 0.257 e. The Kier molecular flexibility index (Phi) is 5.72. The van der Waals surface area contributed by atoms with Gasteiger partial charge in [0, 0.05) is 18.1 Å². The summed E-state index contributed by atoms with van der Waals surface area (Å²) < 4.78 is 23.6. The Morgan fingerprint density at radius 2 is 1.97 bits per heavy atom. The van der Waals surface area contributed by atoms with E-state index >= 15 is 0 Å². The van der Waals surface area contributed by atoms with Crippen LogP contribution in [0.1, 0.15) is 17.1 Å². The van der Waals surface area contributed by atoms with Crippen LogP contribution in [-0.4, -0.2) is 42.1 Å². The molecule has 8 nitrogen and oxygen atoms in total. The number of rotatable bonds is 6. The van der Waals surface area contributed by atoms with Crippen LogP contribution in [0.3, 0.4) is 0 Å². The van der Waals surface area contributed by atoms with Crippen molar-refractivity contribution in [3.05, 3.63) is 51.9 Å². The fourth-order valence-corrected chi connectivity index (χ4v) is 3.69. The highest BCUT2D eigenvalue weighted by Crippen LogP contribution is 2.28. The van der Waals surface area contributed by atoms with Crippen LogP contribution in [0.5, 0.6) is 5.88 Å². The van der Waals surface area contributed by atoms with Crippen molar-refractivity contribution in [3.63, 3.8) is 0 Å². The van der Waals surface area contributed by atoms with Crippen LogP contribution >= 0.6 is 23.2 Å². The molecular formula is C20H20Cl2FN7O. The van der Waals surface area contributed by atoms with Gasteiger partial charge in [-0.2, -0.15) is 4.98 Å². The molecule has 0 aromatic carbocycles. The molecule has 0 saturated heterocycles. The van der Waals surface area contributed by atoms with Crippen LogP contribution in [-0.2, 0) is 6.54 Å². The molecule has 0 unspecified atom stereocenters. The van der Waals surface area contributed by atoms with Gasteiger partial charge in [0.1, 0.15) is 17.9 Å². The number of nitrogen functional groups attached to an aromatic ring is 1. The molecular weight excluding hydrogens is 444 g/mol. The third-order valence-corrected chi connectivity index (χ3v) is 5.37. The fraction of sp³-hybridized carbons (Fsp3) is 0.300. The molecule has 0 radical (unpaired) electrons. The highest BCUT2D eigenvalue weighted by Gasteiger charge is 2.19. The summed E-state index contributed by atoms with van der Waals surface area (Å²) in [7, 11) is 0. The summed E-state index contributed by atoms with van der Waals surface area (Å²) in [5.41, 5.74) is 10.1. The number of aromatic nitrogens is 6. The lowest BCUT2D eigenvalue weighted by molar-refractivity contribution is 0.175. The van der Waals surface area contributed by atoms with Gasteiger partial charge < -0.3 is 15.0 Å². The monoisotopic (exact) mass is 463 g/mol. The predicted molar refractivity (Wildman–Crippen MR) is 118 cm³/mol. The van der Waals surface area contributed by atoms with Gasteiger partial charge in [-0.05, 0) is 44.5 Å². The molecule has 31 heavy (non-hydrogen) atoms. The van der Waals surface area contributed by atoms with E-state index in [2.05, 4.69) is 20.1 Å². The Balaban J connectivity index is 1.50. The number of nitrogens with zero attached hydrogens (tertiary/aromatic N) is 6. The molecule has 0 bridgehead atoms. The van der Waals surface area contributed by atoms with Gasteiger partial charge in [-0.3, -0.25) is 4.98 Å². The van der Waals surface area contributed by atoms with E-state index in [1.54, 1.807) is 15.4 Å². The summed E-state index contributed by atoms with van der Waals surface area (Å²) in [6, 6.07) is 3.80. The standard InChI is InChI=1S/C20H20Cl2FN7O/c1-10-4-5-16(11(2)26-10)30-12(3)17(24)19(28-30)31-9-13(23)7-29-8-15(21)14-6-25-20(22)27-18(14)29/h4-6,8,13H,7,9,24H2,1-3H3/t13-/m1/s1. The van der Waals surface area contributed by atoms with Crippen molar-refractivity contribution in [2.75, 3.05) is 12.3 Å². The largest absolute Gasteiger partial charge is 0.472 e. The molecule has 0 spiro atoms. The topological polar surface area (TPSA) is 96.7 Å². The molecule has 0 fully saturated rings. The van der Waals surface area contributed by atoms with Crippen molar-refractivity contribution >= 4 is 39.9 Å². The van der Waals surface area contributed by atoms with Crippen LogP contribution in [0.4, 0.5) is 10.1 Å². The summed E-state index contributed by atoms with van der Waals surface area (Å²) >= 11 is 12.0. The van der Waals surface area contributed by atoms with Crippen LogP contribution in [0, 0.1) is 20.8 Å². The number of ether oxygens (including phenoxy) is 1. The number of pyridine rings is 1. The van der Waals surface area contributed by atoms with E-state index in [4.69, 9.17) is 33.7 Å². The van der Waals surface area contributed by atoms with Crippen molar-refractivity contribution in [1.29, 1.82) is 0 Å².